The van der Waals surface area contributed by atoms with E-state index >= 15 is 0 Å². The summed E-state index contributed by atoms with van der Waals surface area (Å²) in [6.07, 6.45) is 39.3. The van der Waals surface area contributed by atoms with Crippen molar-refractivity contribution in [2.45, 2.75) is 206 Å². The summed E-state index contributed by atoms with van der Waals surface area (Å²) in [6, 6.07) is 0. The van der Waals surface area contributed by atoms with Crippen LogP contribution < -0.4 is 4.89 Å². The van der Waals surface area contributed by atoms with Crippen molar-refractivity contribution >= 4 is 13.8 Å². The molecule has 0 bridgehead atoms. The van der Waals surface area contributed by atoms with Gasteiger partial charge in [0.25, 0.3) is 7.82 Å². The molecule has 0 aromatic carbocycles. The number of phosphoric ester groups is 1. The van der Waals surface area contributed by atoms with Gasteiger partial charge in [-0.3, -0.25) is 9.36 Å². The fourth-order valence-corrected chi connectivity index (χ4v) is 6.86. The van der Waals surface area contributed by atoms with Gasteiger partial charge in [-0.1, -0.05) is 167 Å². The van der Waals surface area contributed by atoms with Gasteiger partial charge in [0.2, 0.25) is 0 Å². The van der Waals surface area contributed by atoms with E-state index in [4.69, 9.17) is 18.5 Å². The molecule has 2 atom stereocenters. The lowest BCUT2D eigenvalue weighted by atomic mass is 10.0. The third kappa shape index (κ3) is 40.4. The Kier molecular flexibility index (Phi) is 36.6. The molecule has 0 fully saturated rings. The fraction of sp³-hybridized carbons (Fsp3) is 0.930. The SMILES string of the molecule is CCCCCCC/C=C\CCCCCCCCOCC(COP(=O)([O-])OCC[N+](C)(C)C)OC(=O)CCCCCCCCCCCCCCCCC. The molecule has 0 saturated carbocycles. The molecular formula is C43H86NO7P. The van der Waals surface area contributed by atoms with Crippen molar-refractivity contribution in [2.24, 2.45) is 0 Å². The molecule has 0 aromatic rings. The van der Waals surface area contributed by atoms with Gasteiger partial charge in [0.1, 0.15) is 19.3 Å². The highest BCUT2D eigenvalue weighted by molar-refractivity contribution is 7.45. The summed E-state index contributed by atoms with van der Waals surface area (Å²) in [5.41, 5.74) is 0. The Balaban J connectivity index is 4.22. The van der Waals surface area contributed by atoms with Crippen LogP contribution in [0.3, 0.4) is 0 Å². The molecule has 0 spiro atoms. The molecule has 0 aliphatic carbocycles. The van der Waals surface area contributed by atoms with Crippen molar-refractivity contribution in [1.82, 2.24) is 0 Å². The summed E-state index contributed by atoms with van der Waals surface area (Å²) < 4.78 is 34.6. The number of esters is 1. The van der Waals surface area contributed by atoms with Gasteiger partial charge in [-0.15, -0.1) is 0 Å². The normalized spacial score (nSPS) is 13.9. The van der Waals surface area contributed by atoms with Crippen LogP contribution in [-0.2, 0) is 27.9 Å². The van der Waals surface area contributed by atoms with Crippen molar-refractivity contribution in [1.29, 1.82) is 0 Å². The maximum absolute atomic E-state index is 12.7. The van der Waals surface area contributed by atoms with Gasteiger partial charge in [-0.2, -0.15) is 0 Å². The van der Waals surface area contributed by atoms with Gasteiger partial charge in [0.15, 0.2) is 0 Å². The van der Waals surface area contributed by atoms with E-state index in [0.717, 1.165) is 32.1 Å². The summed E-state index contributed by atoms with van der Waals surface area (Å²) in [6.45, 7) is 5.42. The minimum Gasteiger partial charge on any atom is -0.756 e. The van der Waals surface area contributed by atoms with Crippen molar-refractivity contribution in [3.8, 4) is 0 Å². The number of nitrogens with zero attached hydrogens (tertiary/aromatic N) is 1. The zero-order chi connectivity index (χ0) is 38.4. The van der Waals surface area contributed by atoms with Crippen LogP contribution in [0, 0.1) is 0 Å². The molecule has 310 valence electrons. The lowest BCUT2D eigenvalue weighted by molar-refractivity contribution is -0.870. The minimum atomic E-state index is -4.52. The number of quaternary nitrogens is 1. The highest BCUT2D eigenvalue weighted by Gasteiger charge is 2.20. The Morgan fingerprint density at radius 3 is 1.46 bits per heavy atom. The summed E-state index contributed by atoms with van der Waals surface area (Å²) in [7, 11) is 1.36. The molecule has 8 nitrogen and oxygen atoms in total. The number of likely N-dealkylation sites (N-methyl/N-ethyl adjacent to an activating group) is 1. The van der Waals surface area contributed by atoms with Crippen molar-refractivity contribution in [2.75, 3.05) is 54.1 Å². The maximum Gasteiger partial charge on any atom is 0.306 e. The predicted molar refractivity (Wildman–Crippen MR) is 217 cm³/mol. The van der Waals surface area contributed by atoms with Gasteiger partial charge in [-0.05, 0) is 38.5 Å². The van der Waals surface area contributed by atoms with Gasteiger partial charge >= 0.3 is 5.97 Å². The van der Waals surface area contributed by atoms with Gasteiger partial charge < -0.3 is 27.9 Å². The number of rotatable bonds is 41. The molecule has 0 heterocycles. The molecule has 0 aliphatic heterocycles. The Labute approximate surface area is 322 Å². The molecule has 0 rings (SSSR count). The summed E-state index contributed by atoms with van der Waals surface area (Å²) in [5.74, 6) is -0.333. The van der Waals surface area contributed by atoms with Crippen LogP contribution in [-0.4, -0.2) is 70.7 Å². The Morgan fingerprint density at radius 1 is 0.577 bits per heavy atom. The van der Waals surface area contributed by atoms with E-state index < -0.39 is 13.9 Å². The van der Waals surface area contributed by atoms with Crippen LogP contribution in [0.15, 0.2) is 12.2 Å². The smallest absolute Gasteiger partial charge is 0.306 e. The molecular weight excluding hydrogens is 673 g/mol. The maximum atomic E-state index is 12.7. The molecule has 0 radical (unpaired) electrons. The van der Waals surface area contributed by atoms with Crippen molar-refractivity contribution in [3.63, 3.8) is 0 Å². The number of hydrogen-bond acceptors (Lipinski definition) is 7. The lowest BCUT2D eigenvalue weighted by Gasteiger charge is -2.28. The van der Waals surface area contributed by atoms with E-state index in [0.29, 0.717) is 24.1 Å². The van der Waals surface area contributed by atoms with Crippen LogP contribution in [0.4, 0.5) is 0 Å². The monoisotopic (exact) mass is 760 g/mol. The van der Waals surface area contributed by atoms with Gasteiger partial charge in [-0.25, -0.2) is 0 Å². The zero-order valence-corrected chi connectivity index (χ0v) is 35.9. The number of hydrogen-bond donors (Lipinski definition) is 0. The Hall–Kier alpha value is -0.760. The lowest BCUT2D eigenvalue weighted by Crippen LogP contribution is -2.37. The summed E-state index contributed by atoms with van der Waals surface area (Å²) in [4.78, 5) is 25.0. The molecule has 0 aliphatic rings. The van der Waals surface area contributed by atoms with E-state index in [-0.39, 0.29) is 25.8 Å². The number of ether oxygens (including phenoxy) is 2. The largest absolute Gasteiger partial charge is 0.756 e. The summed E-state index contributed by atoms with van der Waals surface area (Å²) in [5, 5.41) is 0. The van der Waals surface area contributed by atoms with Gasteiger partial charge in [0, 0.05) is 13.0 Å². The molecule has 52 heavy (non-hydrogen) atoms. The number of carbonyl (C=O) groups is 1. The van der Waals surface area contributed by atoms with Crippen molar-refractivity contribution in [3.05, 3.63) is 12.2 Å². The molecule has 2 unspecified atom stereocenters. The first kappa shape index (κ1) is 51.2. The predicted octanol–water partition coefficient (Wildman–Crippen LogP) is 12.0. The standard InChI is InChI=1S/C43H86NO7P/c1-6-8-10-12-14-16-18-20-22-24-26-28-30-32-34-36-43(45)51-42(41-50-52(46,47)49-39-37-44(3,4)5)40-48-38-35-33-31-29-27-25-23-21-19-17-15-13-11-9-7-2/h19,21,42H,6-18,20,22-41H2,1-5H3/b21-19-. The highest BCUT2D eigenvalue weighted by Crippen LogP contribution is 2.38. The van der Waals surface area contributed by atoms with Gasteiger partial charge in [0.05, 0.1) is 34.4 Å². The first-order chi connectivity index (χ1) is 25.1. The zero-order valence-electron chi connectivity index (χ0n) is 35.0. The molecule has 0 aromatic heterocycles. The first-order valence-electron chi connectivity index (χ1n) is 21.9. The second-order valence-electron chi connectivity index (χ2n) is 16.1. The number of unbranched alkanes of at least 4 members (excludes halogenated alkanes) is 25. The average molecular weight is 760 g/mol. The quantitative estimate of drug-likeness (QED) is 0.0201. The van der Waals surface area contributed by atoms with Crippen molar-refractivity contribution < 1.29 is 37.3 Å². The molecule has 9 heteroatoms. The van der Waals surface area contributed by atoms with Crippen LogP contribution in [0.1, 0.15) is 200 Å². The first-order valence-corrected chi connectivity index (χ1v) is 23.4. The summed E-state index contributed by atoms with van der Waals surface area (Å²) >= 11 is 0. The van der Waals surface area contributed by atoms with Crippen LogP contribution in [0.25, 0.3) is 0 Å². The van der Waals surface area contributed by atoms with E-state index in [1.165, 1.54) is 148 Å². The number of phosphoric acid groups is 1. The second kappa shape index (κ2) is 37.2. The van der Waals surface area contributed by atoms with Crippen LogP contribution in [0.2, 0.25) is 0 Å². The number of allylic oxidation sites excluding steroid dienone is 2. The van der Waals surface area contributed by atoms with E-state index in [2.05, 4.69) is 26.0 Å². The van der Waals surface area contributed by atoms with Crippen LogP contribution in [0.5, 0.6) is 0 Å². The second-order valence-corrected chi connectivity index (χ2v) is 17.5. The Bertz CT molecular complexity index is 848. The fourth-order valence-electron chi connectivity index (χ4n) is 6.13. The third-order valence-electron chi connectivity index (χ3n) is 9.57. The molecule has 0 N–H and O–H groups in total. The van der Waals surface area contributed by atoms with E-state index in [1.54, 1.807) is 0 Å². The number of carbonyl (C=O) groups excluding carboxylic acids is 1. The van der Waals surface area contributed by atoms with Crippen LogP contribution >= 0.6 is 7.82 Å². The molecule has 0 saturated heterocycles. The third-order valence-corrected chi connectivity index (χ3v) is 10.5. The minimum absolute atomic E-state index is 0.0281. The molecule has 0 amide bonds. The van der Waals surface area contributed by atoms with E-state index in [1.807, 2.05) is 21.1 Å². The van der Waals surface area contributed by atoms with E-state index in [9.17, 15) is 14.3 Å². The Morgan fingerprint density at radius 2 is 1.00 bits per heavy atom. The highest BCUT2D eigenvalue weighted by atomic mass is 31.2. The average Bonchev–Trinajstić information content (AvgIpc) is 3.09. The topological polar surface area (TPSA) is 94.1 Å².